The van der Waals surface area contributed by atoms with Gasteiger partial charge in [-0.2, -0.15) is 8.78 Å². The van der Waals surface area contributed by atoms with E-state index in [4.69, 9.17) is 9.84 Å². The van der Waals surface area contributed by atoms with Crippen molar-refractivity contribution in [1.29, 1.82) is 0 Å². The third-order valence-corrected chi connectivity index (χ3v) is 2.29. The lowest BCUT2D eigenvalue weighted by molar-refractivity contribution is -0.0512. The molecule has 1 unspecified atom stereocenters. The number of carbonyl (C=O) groups is 1. The fraction of sp³-hybridized carbons (Fsp3) is 0.417. The van der Waals surface area contributed by atoms with E-state index in [1.54, 1.807) is 6.92 Å². The third-order valence-electron chi connectivity index (χ3n) is 2.29. The molecule has 0 saturated heterocycles. The maximum Gasteiger partial charge on any atom is 0.387 e. The Morgan fingerprint density at radius 1 is 1.42 bits per heavy atom. The molecule has 0 spiro atoms. The first kappa shape index (κ1) is 15.2. The molecule has 7 heteroatoms. The molecule has 0 bridgehead atoms. The largest absolute Gasteiger partial charge is 0.493 e. The van der Waals surface area contributed by atoms with Crippen LogP contribution in [0.15, 0.2) is 18.2 Å². The van der Waals surface area contributed by atoms with Crippen molar-refractivity contribution in [2.75, 3.05) is 13.7 Å². The number of hydrogen-bond donors (Lipinski definition) is 2. The summed E-state index contributed by atoms with van der Waals surface area (Å²) < 4.78 is 33.6. The predicted octanol–water partition coefficient (Wildman–Crippen LogP) is 1.41. The number of amides is 1. The van der Waals surface area contributed by atoms with Crippen LogP contribution < -0.4 is 14.8 Å². The molecule has 19 heavy (non-hydrogen) atoms. The van der Waals surface area contributed by atoms with Crippen LogP contribution in [0.2, 0.25) is 0 Å². The van der Waals surface area contributed by atoms with Gasteiger partial charge in [0, 0.05) is 11.6 Å². The first-order valence-corrected chi connectivity index (χ1v) is 5.52. The molecule has 0 aliphatic heterocycles. The Morgan fingerprint density at radius 2 is 2.11 bits per heavy atom. The van der Waals surface area contributed by atoms with Crippen molar-refractivity contribution in [1.82, 2.24) is 5.32 Å². The van der Waals surface area contributed by atoms with Crippen molar-refractivity contribution in [2.45, 2.75) is 19.6 Å². The summed E-state index contributed by atoms with van der Waals surface area (Å²) >= 11 is 0. The van der Waals surface area contributed by atoms with Gasteiger partial charge in [-0.15, -0.1) is 0 Å². The molecule has 0 fully saturated rings. The second-order valence-electron chi connectivity index (χ2n) is 3.80. The number of alkyl halides is 2. The number of nitrogens with one attached hydrogen (secondary N) is 1. The third kappa shape index (κ3) is 4.36. The van der Waals surface area contributed by atoms with Crippen LogP contribution >= 0.6 is 0 Å². The van der Waals surface area contributed by atoms with E-state index in [0.717, 1.165) is 6.07 Å². The Bertz CT molecular complexity index is 440. The van der Waals surface area contributed by atoms with Crippen molar-refractivity contribution in [3.8, 4) is 11.5 Å². The second kappa shape index (κ2) is 6.89. The summed E-state index contributed by atoms with van der Waals surface area (Å²) in [5.41, 5.74) is 0.136. The summed E-state index contributed by atoms with van der Waals surface area (Å²) in [6.45, 7) is -1.62. The van der Waals surface area contributed by atoms with Crippen molar-refractivity contribution in [3.63, 3.8) is 0 Å². The van der Waals surface area contributed by atoms with Crippen molar-refractivity contribution < 1.29 is 28.2 Å². The molecular formula is C12H15F2NO4. The smallest absolute Gasteiger partial charge is 0.387 e. The molecule has 2 N–H and O–H groups in total. The predicted molar refractivity (Wildman–Crippen MR) is 63.6 cm³/mol. The number of aliphatic hydroxyl groups is 1. The maximum atomic E-state index is 12.2. The fourth-order valence-electron chi connectivity index (χ4n) is 1.36. The SMILES string of the molecule is COc1ccc(C(=O)NC(C)CO)cc1OC(F)F. The van der Waals surface area contributed by atoms with E-state index in [1.807, 2.05) is 0 Å². The molecule has 0 radical (unpaired) electrons. The quantitative estimate of drug-likeness (QED) is 0.823. The van der Waals surface area contributed by atoms with Gasteiger partial charge in [-0.3, -0.25) is 4.79 Å². The molecule has 1 rings (SSSR count). The van der Waals surface area contributed by atoms with Gasteiger partial charge in [-0.25, -0.2) is 0 Å². The highest BCUT2D eigenvalue weighted by Gasteiger charge is 2.15. The van der Waals surface area contributed by atoms with Crippen LogP contribution in [-0.4, -0.2) is 37.4 Å². The van der Waals surface area contributed by atoms with E-state index in [9.17, 15) is 13.6 Å². The van der Waals surface area contributed by atoms with Crippen LogP contribution in [0.4, 0.5) is 8.78 Å². The van der Waals surface area contributed by atoms with Crippen LogP contribution in [0.25, 0.3) is 0 Å². The number of aliphatic hydroxyl groups excluding tert-OH is 1. The zero-order chi connectivity index (χ0) is 14.4. The Hall–Kier alpha value is -1.89. The van der Waals surface area contributed by atoms with Crippen molar-refractivity contribution >= 4 is 5.91 Å². The summed E-state index contributed by atoms with van der Waals surface area (Å²) in [6, 6.07) is 3.49. The van der Waals surface area contributed by atoms with Gasteiger partial charge in [0.05, 0.1) is 13.7 Å². The van der Waals surface area contributed by atoms with Crippen LogP contribution in [0, 0.1) is 0 Å². The van der Waals surface area contributed by atoms with Gasteiger partial charge in [-0.05, 0) is 25.1 Å². The van der Waals surface area contributed by atoms with Gasteiger partial charge in [0.2, 0.25) is 0 Å². The van der Waals surface area contributed by atoms with E-state index >= 15 is 0 Å². The van der Waals surface area contributed by atoms with Crippen LogP contribution in [0.5, 0.6) is 11.5 Å². The van der Waals surface area contributed by atoms with Gasteiger partial charge in [0.25, 0.3) is 5.91 Å². The number of halogens is 2. The molecule has 106 valence electrons. The van der Waals surface area contributed by atoms with Crippen LogP contribution in [0.1, 0.15) is 17.3 Å². The zero-order valence-corrected chi connectivity index (χ0v) is 10.5. The topological polar surface area (TPSA) is 67.8 Å². The molecular weight excluding hydrogens is 260 g/mol. The van der Waals surface area contributed by atoms with Crippen LogP contribution in [-0.2, 0) is 0 Å². The minimum absolute atomic E-state index is 0.104. The second-order valence-corrected chi connectivity index (χ2v) is 3.80. The number of methoxy groups -OCH3 is 1. The Kier molecular flexibility index (Phi) is 5.50. The molecule has 0 aromatic heterocycles. The van der Waals surface area contributed by atoms with Gasteiger partial charge in [-0.1, -0.05) is 0 Å². The standard InChI is InChI=1S/C12H15F2NO4/c1-7(6-16)15-11(17)8-3-4-9(18-2)10(5-8)19-12(13)14/h3-5,7,12,16H,6H2,1-2H3,(H,15,17). The first-order chi connectivity index (χ1) is 8.97. The van der Waals surface area contributed by atoms with Crippen molar-refractivity contribution in [3.05, 3.63) is 23.8 Å². The Morgan fingerprint density at radius 3 is 2.63 bits per heavy atom. The number of hydrogen-bond acceptors (Lipinski definition) is 4. The molecule has 0 aliphatic carbocycles. The summed E-state index contributed by atoms with van der Waals surface area (Å²) in [7, 11) is 1.31. The molecule has 1 atom stereocenters. The van der Waals surface area contributed by atoms with Crippen LogP contribution in [0.3, 0.4) is 0 Å². The molecule has 1 aromatic rings. The van der Waals surface area contributed by atoms with Gasteiger partial charge >= 0.3 is 6.61 Å². The summed E-state index contributed by atoms with van der Waals surface area (Å²) in [5.74, 6) is -0.614. The molecule has 0 saturated carbocycles. The summed E-state index contributed by atoms with van der Waals surface area (Å²) in [6.07, 6.45) is 0. The van der Waals surface area contributed by atoms with Gasteiger partial charge in [0.1, 0.15) is 0 Å². The van der Waals surface area contributed by atoms with E-state index < -0.39 is 18.6 Å². The zero-order valence-electron chi connectivity index (χ0n) is 10.5. The first-order valence-electron chi connectivity index (χ1n) is 5.52. The minimum atomic E-state index is -3.01. The lowest BCUT2D eigenvalue weighted by Crippen LogP contribution is -2.34. The minimum Gasteiger partial charge on any atom is -0.493 e. The molecule has 0 aliphatic rings. The Labute approximate surface area is 109 Å². The van der Waals surface area contributed by atoms with E-state index in [-0.39, 0.29) is 23.7 Å². The number of benzene rings is 1. The number of carbonyl (C=O) groups excluding carboxylic acids is 1. The summed E-state index contributed by atoms with van der Waals surface area (Å²) in [4.78, 5) is 11.7. The van der Waals surface area contributed by atoms with E-state index in [0.29, 0.717) is 0 Å². The van der Waals surface area contributed by atoms with Gasteiger partial charge in [0.15, 0.2) is 11.5 Å². The van der Waals surface area contributed by atoms with E-state index in [2.05, 4.69) is 10.1 Å². The fourth-order valence-corrected chi connectivity index (χ4v) is 1.36. The number of rotatable bonds is 6. The number of ether oxygens (including phenoxy) is 2. The highest BCUT2D eigenvalue weighted by atomic mass is 19.3. The van der Waals surface area contributed by atoms with Crippen molar-refractivity contribution in [2.24, 2.45) is 0 Å². The normalized spacial score (nSPS) is 12.1. The highest BCUT2D eigenvalue weighted by Crippen LogP contribution is 2.29. The highest BCUT2D eigenvalue weighted by molar-refractivity contribution is 5.95. The molecule has 1 amide bonds. The lowest BCUT2D eigenvalue weighted by atomic mass is 10.1. The van der Waals surface area contributed by atoms with Gasteiger partial charge < -0.3 is 19.9 Å². The average molecular weight is 275 g/mol. The Balaban J connectivity index is 2.93. The summed E-state index contributed by atoms with van der Waals surface area (Å²) in [5, 5.41) is 11.3. The maximum absolute atomic E-state index is 12.2. The monoisotopic (exact) mass is 275 g/mol. The molecule has 1 aromatic carbocycles. The molecule has 0 heterocycles. The average Bonchev–Trinajstić information content (AvgIpc) is 2.37. The van der Waals surface area contributed by atoms with E-state index in [1.165, 1.54) is 19.2 Å². The molecule has 5 nitrogen and oxygen atoms in total. The lowest BCUT2D eigenvalue weighted by Gasteiger charge is -2.13.